The van der Waals surface area contributed by atoms with Crippen LogP contribution in [0.1, 0.15) is 0 Å². The molecule has 5 nitrogen and oxygen atoms in total. The van der Waals surface area contributed by atoms with Gasteiger partial charge in [-0.15, -0.1) is 12.6 Å². The van der Waals surface area contributed by atoms with Gasteiger partial charge in [-0.1, -0.05) is 6.07 Å². The lowest BCUT2D eigenvalue weighted by Gasteiger charge is -2.01. The number of hydrogen-bond acceptors (Lipinski definition) is 2. The molecule has 0 heterocycles. The number of rotatable bonds is 1. The van der Waals surface area contributed by atoms with Crippen molar-refractivity contribution in [3.05, 3.63) is 22.7 Å². The summed E-state index contributed by atoms with van der Waals surface area (Å²) in [5.74, 6) is -0.143. The molecule has 0 unspecified atom stereocenters. The maximum absolute atomic E-state index is 5.48. The Balaban J connectivity index is 3.09. The molecule has 0 aliphatic rings. The summed E-state index contributed by atoms with van der Waals surface area (Å²) in [6, 6.07) is 5.41. The standard InChI is InChI=1S/C8H10BrN5S/c9-4-2-1-3-5(6(4)15)13-8(12)14-7(10)11/h1-3,15H,(H6,10,11,12,13,14). The van der Waals surface area contributed by atoms with Crippen LogP contribution in [0.5, 0.6) is 0 Å². The van der Waals surface area contributed by atoms with Gasteiger partial charge in [0.1, 0.15) is 0 Å². The molecule has 0 fully saturated rings. The lowest BCUT2D eigenvalue weighted by Crippen LogP contribution is -2.26. The Labute approximate surface area is 101 Å². The summed E-state index contributed by atoms with van der Waals surface area (Å²) in [6.07, 6.45) is 0. The molecule has 1 aromatic carbocycles. The van der Waals surface area contributed by atoms with E-state index in [4.69, 9.17) is 17.2 Å². The number of nitrogens with two attached hydrogens (primary N) is 3. The molecule has 0 aromatic heterocycles. The van der Waals surface area contributed by atoms with Crippen molar-refractivity contribution in [3.63, 3.8) is 0 Å². The van der Waals surface area contributed by atoms with Crippen molar-refractivity contribution in [1.29, 1.82) is 0 Å². The molecular weight excluding hydrogens is 278 g/mol. The summed E-state index contributed by atoms with van der Waals surface area (Å²) in [4.78, 5) is 8.27. The Morgan fingerprint density at radius 2 is 1.93 bits per heavy atom. The molecule has 6 N–H and O–H groups in total. The molecule has 0 aliphatic heterocycles. The Bertz CT molecular complexity index is 425. The van der Waals surface area contributed by atoms with Crippen LogP contribution < -0.4 is 17.2 Å². The molecule has 1 aromatic rings. The minimum absolute atomic E-state index is 0.0107. The molecule has 0 bridgehead atoms. The van der Waals surface area contributed by atoms with Crippen LogP contribution >= 0.6 is 28.6 Å². The largest absolute Gasteiger partial charge is 0.370 e. The predicted octanol–water partition coefficient (Wildman–Crippen LogP) is 0.957. The first-order chi connectivity index (χ1) is 7.00. The van der Waals surface area contributed by atoms with Gasteiger partial charge in [0.2, 0.25) is 5.96 Å². The van der Waals surface area contributed by atoms with Crippen molar-refractivity contribution in [3.8, 4) is 0 Å². The summed E-state index contributed by atoms with van der Waals surface area (Å²) in [6.45, 7) is 0. The number of benzene rings is 1. The van der Waals surface area contributed by atoms with Crippen LogP contribution in [-0.4, -0.2) is 11.9 Å². The fourth-order valence-corrected chi connectivity index (χ4v) is 1.43. The van der Waals surface area contributed by atoms with Gasteiger partial charge in [0.05, 0.1) is 5.69 Å². The first kappa shape index (κ1) is 11.9. The van der Waals surface area contributed by atoms with E-state index >= 15 is 0 Å². The minimum atomic E-state index is -0.132. The summed E-state index contributed by atoms with van der Waals surface area (Å²) in [5.41, 5.74) is 16.4. The van der Waals surface area contributed by atoms with Gasteiger partial charge in [0.25, 0.3) is 0 Å². The van der Waals surface area contributed by atoms with E-state index in [1.54, 1.807) is 6.07 Å². The van der Waals surface area contributed by atoms with Gasteiger partial charge in [0, 0.05) is 9.37 Å². The van der Waals surface area contributed by atoms with Crippen LogP contribution in [0.3, 0.4) is 0 Å². The lowest BCUT2D eigenvalue weighted by molar-refractivity contribution is 1.31. The van der Waals surface area contributed by atoms with Crippen molar-refractivity contribution in [1.82, 2.24) is 0 Å². The Hall–Kier alpha value is -1.21. The summed E-state index contributed by atoms with van der Waals surface area (Å²) in [7, 11) is 0. The second kappa shape index (κ2) is 5.04. The monoisotopic (exact) mass is 287 g/mol. The molecular formula is C8H10BrN5S. The van der Waals surface area contributed by atoms with Crippen molar-refractivity contribution in [2.45, 2.75) is 4.90 Å². The summed E-state index contributed by atoms with van der Waals surface area (Å²) < 4.78 is 0.824. The molecule has 0 atom stereocenters. The zero-order chi connectivity index (χ0) is 11.4. The fraction of sp³-hybridized carbons (Fsp3) is 0. The number of guanidine groups is 2. The van der Waals surface area contributed by atoms with Gasteiger partial charge in [-0.25, -0.2) is 4.99 Å². The molecule has 0 saturated heterocycles. The van der Waals surface area contributed by atoms with Gasteiger partial charge in [-0.3, -0.25) is 0 Å². The van der Waals surface area contributed by atoms with E-state index < -0.39 is 0 Å². The maximum Gasteiger partial charge on any atom is 0.223 e. The van der Waals surface area contributed by atoms with Gasteiger partial charge in [0.15, 0.2) is 5.96 Å². The molecule has 15 heavy (non-hydrogen) atoms. The fourth-order valence-electron chi connectivity index (χ4n) is 0.875. The molecule has 0 spiro atoms. The molecule has 80 valence electrons. The highest BCUT2D eigenvalue weighted by Gasteiger charge is 2.01. The lowest BCUT2D eigenvalue weighted by atomic mass is 10.3. The van der Waals surface area contributed by atoms with Crippen LogP contribution in [-0.2, 0) is 0 Å². The number of halogens is 1. The van der Waals surface area contributed by atoms with Crippen LogP contribution in [0.2, 0.25) is 0 Å². The number of hydrogen-bond donors (Lipinski definition) is 4. The SMILES string of the molecule is NC(N)=NC(N)=Nc1cccc(Br)c1S. The van der Waals surface area contributed by atoms with E-state index in [0.29, 0.717) is 10.6 Å². The smallest absolute Gasteiger partial charge is 0.223 e. The zero-order valence-corrected chi connectivity index (χ0v) is 10.2. The van der Waals surface area contributed by atoms with Crippen LogP contribution in [0, 0.1) is 0 Å². The zero-order valence-electron chi connectivity index (χ0n) is 7.68. The van der Waals surface area contributed by atoms with Crippen molar-refractivity contribution in [2.75, 3.05) is 0 Å². The average Bonchev–Trinajstić information content (AvgIpc) is 2.11. The number of thiol groups is 1. The van der Waals surface area contributed by atoms with E-state index in [1.165, 1.54) is 0 Å². The second-order valence-corrected chi connectivity index (χ2v) is 3.92. The third-order valence-electron chi connectivity index (χ3n) is 1.44. The molecule has 7 heteroatoms. The van der Waals surface area contributed by atoms with E-state index in [0.717, 1.165) is 4.47 Å². The average molecular weight is 288 g/mol. The van der Waals surface area contributed by atoms with Gasteiger partial charge >= 0.3 is 0 Å². The van der Waals surface area contributed by atoms with Gasteiger partial charge in [-0.05, 0) is 28.1 Å². The number of aliphatic imine (C=N–C) groups is 2. The summed E-state index contributed by atoms with van der Waals surface area (Å²) >= 11 is 7.57. The van der Waals surface area contributed by atoms with E-state index in [1.807, 2.05) is 12.1 Å². The van der Waals surface area contributed by atoms with E-state index in [9.17, 15) is 0 Å². The first-order valence-electron chi connectivity index (χ1n) is 3.92. The highest BCUT2D eigenvalue weighted by atomic mass is 79.9. The molecule has 0 amide bonds. The molecule has 0 radical (unpaired) electrons. The van der Waals surface area contributed by atoms with Crippen molar-refractivity contribution < 1.29 is 0 Å². The Morgan fingerprint density at radius 3 is 2.53 bits per heavy atom. The maximum atomic E-state index is 5.48. The quantitative estimate of drug-likeness (QED) is 0.351. The first-order valence-corrected chi connectivity index (χ1v) is 5.16. The van der Waals surface area contributed by atoms with Crippen LogP contribution in [0.25, 0.3) is 0 Å². The number of nitrogens with zero attached hydrogens (tertiary/aromatic N) is 2. The van der Waals surface area contributed by atoms with Crippen LogP contribution in [0.15, 0.2) is 37.6 Å². The third kappa shape index (κ3) is 3.45. The predicted molar refractivity (Wildman–Crippen MR) is 68.5 cm³/mol. The topological polar surface area (TPSA) is 103 Å². The second-order valence-electron chi connectivity index (χ2n) is 2.61. The van der Waals surface area contributed by atoms with Crippen molar-refractivity contribution in [2.24, 2.45) is 27.2 Å². The van der Waals surface area contributed by atoms with Crippen molar-refractivity contribution >= 4 is 46.2 Å². The molecule has 0 saturated carbocycles. The highest BCUT2D eigenvalue weighted by molar-refractivity contribution is 9.10. The Kier molecular flexibility index (Phi) is 3.98. The van der Waals surface area contributed by atoms with E-state index in [-0.39, 0.29) is 11.9 Å². The highest BCUT2D eigenvalue weighted by Crippen LogP contribution is 2.30. The van der Waals surface area contributed by atoms with Gasteiger partial charge < -0.3 is 17.2 Å². The third-order valence-corrected chi connectivity index (χ3v) is 2.88. The Morgan fingerprint density at radius 1 is 1.27 bits per heavy atom. The normalized spacial score (nSPS) is 11.2. The van der Waals surface area contributed by atoms with Gasteiger partial charge in [-0.2, -0.15) is 4.99 Å². The van der Waals surface area contributed by atoms with E-state index in [2.05, 4.69) is 38.5 Å². The molecule has 0 aliphatic carbocycles. The summed E-state index contributed by atoms with van der Waals surface area (Å²) in [5, 5.41) is 0. The minimum Gasteiger partial charge on any atom is -0.370 e. The van der Waals surface area contributed by atoms with Crippen LogP contribution in [0.4, 0.5) is 5.69 Å². The molecule has 1 rings (SSSR count).